The van der Waals surface area contributed by atoms with Crippen molar-refractivity contribution in [3.8, 4) is 5.75 Å². The normalized spacial score (nSPS) is 12.5. The van der Waals surface area contributed by atoms with Gasteiger partial charge < -0.3 is 20.3 Å². The van der Waals surface area contributed by atoms with Crippen LogP contribution >= 0.6 is 11.8 Å². The summed E-state index contributed by atoms with van der Waals surface area (Å²) in [6.07, 6.45) is 0. The minimum absolute atomic E-state index is 0.00791. The molecular formula is C19H25N3O4S. The first kappa shape index (κ1) is 20.8. The number of rotatable bonds is 6. The van der Waals surface area contributed by atoms with Crippen LogP contribution in [0.15, 0.2) is 28.8 Å². The molecule has 146 valence electrons. The first-order valence-corrected chi connectivity index (χ1v) is 9.60. The molecule has 2 rings (SSSR count). The molecule has 0 aliphatic carbocycles. The molecule has 2 aromatic rings. The molecule has 0 fully saturated rings. The van der Waals surface area contributed by atoms with Gasteiger partial charge in [-0.05, 0) is 37.0 Å². The Kier molecular flexibility index (Phi) is 6.54. The van der Waals surface area contributed by atoms with Crippen LogP contribution in [0.3, 0.4) is 0 Å². The summed E-state index contributed by atoms with van der Waals surface area (Å²) >= 11 is 1.19. The van der Waals surface area contributed by atoms with E-state index in [-0.39, 0.29) is 28.7 Å². The van der Waals surface area contributed by atoms with E-state index in [0.717, 1.165) is 5.56 Å². The molecule has 1 aromatic carbocycles. The average Bonchev–Trinajstić information content (AvgIpc) is 2.98. The van der Waals surface area contributed by atoms with Crippen molar-refractivity contribution in [3.63, 3.8) is 0 Å². The zero-order chi connectivity index (χ0) is 20.2. The van der Waals surface area contributed by atoms with Crippen LogP contribution < -0.4 is 10.6 Å². The van der Waals surface area contributed by atoms with Crippen LogP contribution in [0.25, 0.3) is 0 Å². The predicted octanol–water partition coefficient (Wildman–Crippen LogP) is 3.69. The molecule has 0 radical (unpaired) electrons. The Morgan fingerprint density at radius 2 is 1.96 bits per heavy atom. The molecular weight excluding hydrogens is 366 g/mol. The van der Waals surface area contributed by atoms with Gasteiger partial charge in [-0.3, -0.25) is 9.59 Å². The lowest BCUT2D eigenvalue weighted by atomic mass is 9.87. The van der Waals surface area contributed by atoms with Gasteiger partial charge in [0.25, 0.3) is 0 Å². The monoisotopic (exact) mass is 391 g/mol. The fraction of sp³-hybridized carbons (Fsp3) is 0.421. The molecule has 0 saturated heterocycles. The van der Waals surface area contributed by atoms with Gasteiger partial charge in [0.05, 0.1) is 16.7 Å². The Morgan fingerprint density at radius 3 is 2.56 bits per heavy atom. The highest BCUT2D eigenvalue weighted by atomic mass is 32.2. The van der Waals surface area contributed by atoms with Gasteiger partial charge in [-0.1, -0.05) is 32.0 Å². The summed E-state index contributed by atoms with van der Waals surface area (Å²) in [6.45, 7) is 9.60. The van der Waals surface area contributed by atoms with E-state index in [1.807, 2.05) is 6.07 Å². The lowest BCUT2D eigenvalue weighted by Gasteiger charge is -2.20. The number of hydrogen-bond acceptors (Lipinski definition) is 6. The Bertz CT molecular complexity index is 827. The molecule has 0 spiro atoms. The molecule has 0 bridgehead atoms. The quantitative estimate of drug-likeness (QED) is 0.649. The standard InChI is InChI=1S/C19H25N3O4S/c1-11-8-16(22-26-11)21-18(25)12(2)27-10-17(24)20-14-9-13(19(3,4)5)6-7-15(14)23/h6-9,12,23H,10H2,1-5H3,(H,20,24)(H,21,22,25)/t12-/m0/s1. The number of carbonyl (C=O) groups is 2. The second-order valence-corrected chi connectivity index (χ2v) is 8.62. The van der Waals surface area contributed by atoms with E-state index in [2.05, 4.69) is 36.6 Å². The lowest BCUT2D eigenvalue weighted by molar-refractivity contribution is -0.115. The molecule has 0 saturated carbocycles. The second kappa shape index (κ2) is 8.47. The highest BCUT2D eigenvalue weighted by Crippen LogP contribution is 2.30. The van der Waals surface area contributed by atoms with Gasteiger partial charge in [0, 0.05) is 6.07 Å². The van der Waals surface area contributed by atoms with E-state index < -0.39 is 5.25 Å². The number of benzene rings is 1. The number of aryl methyl sites for hydroxylation is 1. The van der Waals surface area contributed by atoms with Gasteiger partial charge in [-0.25, -0.2) is 0 Å². The first-order valence-electron chi connectivity index (χ1n) is 8.55. The number of thioether (sulfide) groups is 1. The Labute approximate surface area is 162 Å². The highest BCUT2D eigenvalue weighted by Gasteiger charge is 2.19. The molecule has 2 amide bonds. The van der Waals surface area contributed by atoms with Gasteiger partial charge in [-0.15, -0.1) is 11.8 Å². The number of phenols is 1. The molecule has 1 heterocycles. The minimum atomic E-state index is -0.456. The van der Waals surface area contributed by atoms with Crippen LogP contribution in [0.4, 0.5) is 11.5 Å². The number of carbonyl (C=O) groups excluding carboxylic acids is 2. The maximum Gasteiger partial charge on any atom is 0.238 e. The molecule has 3 N–H and O–H groups in total. The van der Waals surface area contributed by atoms with Crippen molar-refractivity contribution < 1.29 is 19.2 Å². The number of hydrogen-bond donors (Lipinski definition) is 3. The highest BCUT2D eigenvalue weighted by molar-refractivity contribution is 8.01. The SMILES string of the molecule is Cc1cc(NC(=O)[C@H](C)SCC(=O)Nc2cc(C(C)(C)C)ccc2O)no1. The van der Waals surface area contributed by atoms with E-state index in [1.54, 1.807) is 32.0 Å². The third kappa shape index (κ3) is 6.02. The number of anilines is 2. The van der Waals surface area contributed by atoms with Crippen LogP contribution in [-0.2, 0) is 15.0 Å². The molecule has 0 aliphatic heterocycles. The van der Waals surface area contributed by atoms with Crippen molar-refractivity contribution in [1.29, 1.82) is 0 Å². The zero-order valence-electron chi connectivity index (χ0n) is 16.1. The number of amides is 2. The number of aromatic hydroxyl groups is 1. The van der Waals surface area contributed by atoms with Gasteiger partial charge in [0.15, 0.2) is 5.82 Å². The van der Waals surface area contributed by atoms with E-state index in [1.165, 1.54) is 11.8 Å². The van der Waals surface area contributed by atoms with Crippen molar-refractivity contribution in [2.45, 2.75) is 45.3 Å². The van der Waals surface area contributed by atoms with Crippen molar-refractivity contribution in [2.24, 2.45) is 0 Å². The molecule has 8 heteroatoms. The Hall–Kier alpha value is -2.48. The van der Waals surface area contributed by atoms with Crippen molar-refractivity contribution in [2.75, 3.05) is 16.4 Å². The molecule has 0 aliphatic rings. The lowest BCUT2D eigenvalue weighted by Crippen LogP contribution is -2.25. The molecule has 0 unspecified atom stereocenters. The van der Waals surface area contributed by atoms with Crippen molar-refractivity contribution >= 4 is 35.1 Å². The Balaban J connectivity index is 1.89. The summed E-state index contributed by atoms with van der Waals surface area (Å²) in [5.74, 6) is 0.470. The van der Waals surface area contributed by atoms with E-state index in [0.29, 0.717) is 17.3 Å². The van der Waals surface area contributed by atoms with E-state index in [9.17, 15) is 14.7 Å². The van der Waals surface area contributed by atoms with Gasteiger partial charge in [0.2, 0.25) is 11.8 Å². The third-order valence-electron chi connectivity index (χ3n) is 3.85. The maximum atomic E-state index is 12.2. The third-order valence-corrected chi connectivity index (χ3v) is 4.99. The smallest absolute Gasteiger partial charge is 0.238 e. The molecule has 7 nitrogen and oxygen atoms in total. The number of nitrogens with one attached hydrogen (secondary N) is 2. The van der Waals surface area contributed by atoms with Crippen LogP contribution in [0.1, 0.15) is 39.0 Å². The van der Waals surface area contributed by atoms with Crippen LogP contribution in [0, 0.1) is 6.92 Å². The van der Waals surface area contributed by atoms with Crippen LogP contribution in [-0.4, -0.2) is 33.1 Å². The van der Waals surface area contributed by atoms with Crippen molar-refractivity contribution in [1.82, 2.24) is 5.16 Å². The van der Waals surface area contributed by atoms with Crippen LogP contribution in [0.2, 0.25) is 0 Å². The predicted molar refractivity (Wildman–Crippen MR) is 107 cm³/mol. The zero-order valence-corrected chi connectivity index (χ0v) is 16.9. The van der Waals surface area contributed by atoms with Gasteiger partial charge in [0.1, 0.15) is 11.5 Å². The number of aromatic nitrogens is 1. The summed E-state index contributed by atoms with van der Waals surface area (Å²) in [6, 6.07) is 6.78. The molecule has 1 aromatic heterocycles. The second-order valence-electron chi connectivity index (χ2n) is 7.30. The topological polar surface area (TPSA) is 104 Å². The van der Waals surface area contributed by atoms with Crippen molar-refractivity contribution in [3.05, 3.63) is 35.6 Å². The minimum Gasteiger partial charge on any atom is -0.506 e. The average molecular weight is 391 g/mol. The largest absolute Gasteiger partial charge is 0.506 e. The molecule has 27 heavy (non-hydrogen) atoms. The summed E-state index contributed by atoms with van der Waals surface area (Å²) in [5, 5.41) is 18.6. The first-order chi connectivity index (χ1) is 12.6. The summed E-state index contributed by atoms with van der Waals surface area (Å²) in [4.78, 5) is 24.3. The fourth-order valence-corrected chi connectivity index (χ4v) is 2.90. The van der Waals surface area contributed by atoms with Crippen LogP contribution in [0.5, 0.6) is 5.75 Å². The maximum absolute atomic E-state index is 12.2. The molecule has 1 atom stereocenters. The van der Waals surface area contributed by atoms with Gasteiger partial charge >= 0.3 is 0 Å². The summed E-state index contributed by atoms with van der Waals surface area (Å²) < 4.78 is 4.90. The summed E-state index contributed by atoms with van der Waals surface area (Å²) in [7, 11) is 0. The Morgan fingerprint density at radius 1 is 1.26 bits per heavy atom. The fourth-order valence-electron chi connectivity index (χ4n) is 2.22. The van der Waals surface area contributed by atoms with E-state index >= 15 is 0 Å². The van der Waals surface area contributed by atoms with Gasteiger partial charge in [-0.2, -0.15) is 0 Å². The summed E-state index contributed by atoms with van der Waals surface area (Å²) in [5.41, 5.74) is 1.26. The van der Waals surface area contributed by atoms with E-state index in [4.69, 9.17) is 4.52 Å². The number of phenolic OH excluding ortho intramolecular Hbond substituents is 1. The number of nitrogens with zero attached hydrogens (tertiary/aromatic N) is 1.